The van der Waals surface area contributed by atoms with Crippen LogP contribution < -0.4 is 19.6 Å². The molecule has 8 unspecified atom stereocenters. The Morgan fingerprint density at radius 1 is 0.206 bits per heavy atom. The summed E-state index contributed by atoms with van der Waals surface area (Å²) in [5.41, 5.74) is 25.6. The zero-order valence-electron chi connectivity index (χ0n) is 73.6. The van der Waals surface area contributed by atoms with Gasteiger partial charge in [0.1, 0.15) is 22.4 Å². The van der Waals surface area contributed by atoms with Crippen molar-refractivity contribution in [2.75, 3.05) is 48.0 Å². The molecule has 4 aliphatic heterocycles. The van der Waals surface area contributed by atoms with Crippen LogP contribution >= 0.6 is 0 Å². The molecule has 4 aliphatic carbocycles. The van der Waals surface area contributed by atoms with Gasteiger partial charge in [-0.1, -0.05) is 258 Å². The number of anilines is 8. The molecule has 0 amide bonds. The third-order valence-electron chi connectivity index (χ3n) is 33.6. The molecule has 8 atom stereocenters. The molecule has 4 fully saturated rings. The summed E-state index contributed by atoms with van der Waals surface area (Å²) >= 11 is 0. The summed E-state index contributed by atoms with van der Waals surface area (Å²) in [4.78, 5) is 10.5. The molecule has 0 N–H and O–H groups in total. The van der Waals surface area contributed by atoms with E-state index in [1.807, 2.05) is 28.4 Å². The number of benzene rings is 15. The van der Waals surface area contributed by atoms with E-state index in [1.165, 1.54) is 199 Å². The van der Waals surface area contributed by atoms with Gasteiger partial charge >= 0.3 is 0 Å². The second kappa shape index (κ2) is 27.7. The molecule has 622 valence electrons. The highest BCUT2D eigenvalue weighted by Crippen LogP contribution is 2.69. The van der Waals surface area contributed by atoms with Crippen LogP contribution in [0.2, 0.25) is 0 Å². The number of para-hydroxylation sites is 4. The Morgan fingerprint density at radius 3 is 0.643 bits per heavy atom. The summed E-state index contributed by atoms with van der Waals surface area (Å²) in [7, 11) is 7.92. The zero-order chi connectivity index (χ0) is 84.6. The fourth-order valence-corrected chi connectivity index (χ4v) is 28.2. The number of nitrogens with zero attached hydrogens (tertiary/aromatic N) is 4. The van der Waals surface area contributed by atoms with Crippen LogP contribution in [-0.2, 0) is 41.4 Å². The normalized spacial score (nSPS) is 25.3. The molecule has 0 radical (unpaired) electrons. The summed E-state index contributed by atoms with van der Waals surface area (Å²) in [5.74, 6) is 0. The Kier molecular flexibility index (Phi) is 16.8. The molecule has 0 spiro atoms. The van der Waals surface area contributed by atoms with Crippen molar-refractivity contribution in [1.29, 1.82) is 0 Å². The predicted molar refractivity (Wildman–Crippen MR) is 523 cm³/mol. The molecule has 126 heavy (non-hydrogen) atoms. The van der Waals surface area contributed by atoms with E-state index in [0.29, 0.717) is 0 Å². The second-order valence-corrected chi connectivity index (χ2v) is 38.8. The van der Waals surface area contributed by atoms with E-state index in [4.69, 9.17) is 18.9 Å². The molecule has 0 saturated heterocycles. The zero-order valence-corrected chi connectivity index (χ0v) is 73.6. The van der Waals surface area contributed by atoms with Crippen molar-refractivity contribution >= 4 is 110 Å². The molecular formula is C118H106N4O4. The monoisotopic (exact) mass is 1640 g/mol. The van der Waals surface area contributed by atoms with E-state index >= 15 is 0 Å². The van der Waals surface area contributed by atoms with E-state index < -0.39 is 22.4 Å². The summed E-state index contributed by atoms with van der Waals surface area (Å²) in [5, 5.41) is 15.1. The lowest BCUT2D eigenvalue weighted by Gasteiger charge is -2.50. The van der Waals surface area contributed by atoms with Crippen LogP contribution in [0, 0.1) is 0 Å². The van der Waals surface area contributed by atoms with Crippen molar-refractivity contribution in [2.45, 2.75) is 175 Å². The lowest BCUT2D eigenvalue weighted by molar-refractivity contribution is -0.0872. The Hall–Kier alpha value is -12.1. The SMILES string of the molecule is COC12CCCCC1(C)N(c1ccccc1)c1ccc(-c3ccc4c5c(-c6ccccc6)c6c7ccc(-c8ccc9c(c8)C8(OC)CCCCC8(C)N9c8ccccc8)c8c(-c9ccc%10c(c9)C9(OC)CCCCC9(C)N%10c9ccccc9)ccc(c6c(-c6ccccc6)c5c5ccc(-c6ccc9c(c6)C6(OC)CCCCC6(C)N9c6ccccc6)c3c45)c87)cc12. The maximum Gasteiger partial charge on any atom is 0.118 e. The van der Waals surface area contributed by atoms with E-state index in [9.17, 15) is 0 Å². The number of fused-ring (bicyclic) bond motifs is 18. The first-order valence-electron chi connectivity index (χ1n) is 46.5. The first-order valence-corrected chi connectivity index (χ1v) is 46.5. The number of hydrogen-bond acceptors (Lipinski definition) is 8. The van der Waals surface area contributed by atoms with E-state index in [0.717, 1.165) is 103 Å². The van der Waals surface area contributed by atoms with Crippen molar-refractivity contribution < 1.29 is 18.9 Å². The molecule has 0 bridgehead atoms. The topological polar surface area (TPSA) is 49.9 Å². The van der Waals surface area contributed by atoms with Gasteiger partial charge < -0.3 is 38.5 Å². The highest BCUT2D eigenvalue weighted by Gasteiger charge is 2.66. The molecule has 4 saturated carbocycles. The van der Waals surface area contributed by atoms with Gasteiger partial charge in [-0.2, -0.15) is 0 Å². The molecule has 0 aromatic heterocycles. The molecule has 17 aromatic rings. The molecule has 25 rings (SSSR count). The average molecular weight is 1640 g/mol. The summed E-state index contributed by atoms with van der Waals surface area (Å²) in [6.45, 7) is 9.89. The maximum atomic E-state index is 7.21. The lowest BCUT2D eigenvalue weighted by Crippen LogP contribution is -2.57. The van der Waals surface area contributed by atoms with Crippen molar-refractivity contribution in [3.05, 3.63) is 326 Å². The first-order chi connectivity index (χ1) is 61.7. The minimum absolute atomic E-state index is 0.330. The van der Waals surface area contributed by atoms with Gasteiger partial charge in [0.15, 0.2) is 0 Å². The van der Waals surface area contributed by atoms with Crippen LogP contribution in [0.3, 0.4) is 0 Å². The van der Waals surface area contributed by atoms with Crippen molar-refractivity contribution in [2.24, 2.45) is 0 Å². The molecule has 17 aromatic carbocycles. The fourth-order valence-electron chi connectivity index (χ4n) is 28.2. The number of rotatable bonds is 14. The third kappa shape index (κ3) is 9.73. The maximum absolute atomic E-state index is 7.21. The quantitative estimate of drug-likeness (QED) is 0.107. The molecular weight excluding hydrogens is 1540 g/mol. The Morgan fingerprint density at radius 2 is 0.421 bits per heavy atom. The van der Waals surface area contributed by atoms with Gasteiger partial charge in [-0.25, -0.2) is 0 Å². The van der Waals surface area contributed by atoms with Crippen LogP contribution in [0.15, 0.2) is 303 Å². The lowest BCUT2D eigenvalue weighted by atomic mass is 9.68. The van der Waals surface area contributed by atoms with Crippen LogP contribution in [0.25, 0.3) is 131 Å². The fraction of sp³-hybridized carbons (Fsp3) is 0.271. The minimum atomic E-state index is -0.562. The Labute approximate surface area is 739 Å². The van der Waals surface area contributed by atoms with Gasteiger partial charge in [0.2, 0.25) is 0 Å². The number of ether oxygens (including phenoxy) is 4. The number of hydrogen-bond donors (Lipinski definition) is 0. The van der Waals surface area contributed by atoms with Crippen LogP contribution in [0.5, 0.6) is 0 Å². The van der Waals surface area contributed by atoms with Crippen LogP contribution in [0.4, 0.5) is 45.5 Å². The van der Waals surface area contributed by atoms with Crippen molar-refractivity contribution in [3.63, 3.8) is 0 Å². The number of methoxy groups -OCH3 is 4. The van der Waals surface area contributed by atoms with Crippen LogP contribution in [0.1, 0.15) is 153 Å². The standard InChI is InChI=1S/C118H106N4O4/c1-111-63-27-31-67-115(111,123-5)93-71-77(47-59-97(93)119(111)81-39-19-11-20-40-81)85-51-55-89-105-90(56-52-86(103(85)105)78-48-60-98-94(72-78)116(124-6)68-32-28-64-112(116,2)120(98)82-41-21-12-22-42-82)108-102(76-37-17-10-18-38-76)110-92-58-54-88(80-50-62-100-96(74-80)118(126-8)70-34-30-66-114(118,4)122(100)84-45-25-14-26-46-84)104-87(53-57-91(106(92)104)109(110)101(107(89)108)75-35-15-9-16-36-75)79-49-61-99-95(73-79)117(125-7)69-33-29-65-113(117,3)121(99)83-43-23-13-24-44-83/h9-26,35-62,71-74H,27-34,63-70H2,1-8H3. The van der Waals surface area contributed by atoms with Gasteiger partial charge in [0.25, 0.3) is 0 Å². The Bertz CT molecular complexity index is 6470. The molecule has 8 aliphatic rings. The van der Waals surface area contributed by atoms with E-state index in [-0.39, 0.29) is 22.2 Å². The molecule has 8 nitrogen and oxygen atoms in total. The van der Waals surface area contributed by atoms with Crippen molar-refractivity contribution in [1.82, 2.24) is 0 Å². The molecule has 8 heteroatoms. The van der Waals surface area contributed by atoms with Gasteiger partial charge in [0.05, 0.1) is 22.2 Å². The average Bonchev–Trinajstić information content (AvgIpc) is 1.52. The highest BCUT2D eigenvalue weighted by atomic mass is 16.5. The van der Waals surface area contributed by atoms with E-state index in [2.05, 4.69) is 351 Å². The van der Waals surface area contributed by atoms with Gasteiger partial charge in [-0.05, 0) is 308 Å². The van der Waals surface area contributed by atoms with Crippen molar-refractivity contribution in [3.8, 4) is 66.8 Å². The van der Waals surface area contributed by atoms with E-state index in [1.54, 1.807) is 0 Å². The minimum Gasteiger partial charge on any atom is -0.371 e. The second-order valence-electron chi connectivity index (χ2n) is 38.8. The summed E-state index contributed by atoms with van der Waals surface area (Å²) in [6, 6.07) is 117. The predicted octanol–water partition coefficient (Wildman–Crippen LogP) is 30.8. The van der Waals surface area contributed by atoms with Gasteiger partial charge in [-0.3, -0.25) is 0 Å². The summed E-state index contributed by atoms with van der Waals surface area (Å²) in [6.07, 6.45) is 16.7. The van der Waals surface area contributed by atoms with Crippen LogP contribution in [-0.4, -0.2) is 50.6 Å². The largest absolute Gasteiger partial charge is 0.371 e. The smallest absolute Gasteiger partial charge is 0.118 e. The Balaban J connectivity index is 0.801. The first kappa shape index (κ1) is 76.3. The van der Waals surface area contributed by atoms with Gasteiger partial charge in [0, 0.05) is 96.2 Å². The summed E-state index contributed by atoms with van der Waals surface area (Å²) < 4.78 is 28.8. The van der Waals surface area contributed by atoms with Gasteiger partial charge in [-0.15, -0.1) is 0 Å². The third-order valence-corrected chi connectivity index (χ3v) is 33.6. The highest BCUT2D eigenvalue weighted by molar-refractivity contribution is 6.48. The molecule has 4 heterocycles.